The van der Waals surface area contributed by atoms with Crippen molar-refractivity contribution in [3.05, 3.63) is 77.0 Å². The average molecular weight is 337 g/mol. The molecule has 2 aromatic rings. The van der Waals surface area contributed by atoms with E-state index < -0.39 is 0 Å². The lowest BCUT2D eigenvalue weighted by Gasteiger charge is -2.19. The van der Waals surface area contributed by atoms with E-state index in [0.717, 1.165) is 12.1 Å². The third-order valence-corrected chi connectivity index (χ3v) is 4.11. The number of nitrogens with one attached hydrogen (secondary N) is 1. The summed E-state index contributed by atoms with van der Waals surface area (Å²) in [6.45, 7) is 8.73. The number of allylic oxidation sites excluding steroid dienone is 1. The number of rotatable bonds is 5. The maximum Gasteiger partial charge on any atom is 0.339 e. The molecular formula is C22H27NO2. The SMILES string of the molecule is COC(=O)c1ccccc1NC=C(C)Cc1ccc(C(C)(C)C)cc1. The number of carbonyl (C=O) groups is 1. The first-order valence-electron chi connectivity index (χ1n) is 8.50. The smallest absolute Gasteiger partial charge is 0.339 e. The first-order chi connectivity index (χ1) is 11.8. The van der Waals surface area contributed by atoms with Crippen molar-refractivity contribution in [2.75, 3.05) is 12.4 Å². The van der Waals surface area contributed by atoms with Crippen LogP contribution >= 0.6 is 0 Å². The third-order valence-electron chi connectivity index (χ3n) is 4.11. The molecule has 0 saturated carbocycles. The average Bonchev–Trinajstić information content (AvgIpc) is 2.59. The van der Waals surface area contributed by atoms with Crippen molar-refractivity contribution < 1.29 is 9.53 Å². The Kier molecular flexibility index (Phi) is 6.02. The first kappa shape index (κ1) is 18.8. The molecule has 2 aromatic carbocycles. The van der Waals surface area contributed by atoms with Crippen molar-refractivity contribution >= 4 is 11.7 Å². The monoisotopic (exact) mass is 337 g/mol. The van der Waals surface area contributed by atoms with Crippen LogP contribution in [0.4, 0.5) is 5.69 Å². The molecular weight excluding hydrogens is 310 g/mol. The van der Waals surface area contributed by atoms with E-state index in [2.05, 4.69) is 57.3 Å². The Bertz CT molecular complexity index is 752. The molecule has 0 unspecified atom stereocenters. The van der Waals surface area contributed by atoms with Gasteiger partial charge in [-0.3, -0.25) is 0 Å². The van der Waals surface area contributed by atoms with Crippen LogP contribution in [0.1, 0.15) is 49.2 Å². The van der Waals surface area contributed by atoms with Gasteiger partial charge >= 0.3 is 5.97 Å². The van der Waals surface area contributed by atoms with Crippen LogP contribution in [0.5, 0.6) is 0 Å². The second kappa shape index (κ2) is 8.02. The summed E-state index contributed by atoms with van der Waals surface area (Å²) in [6, 6.07) is 16.1. The van der Waals surface area contributed by atoms with Crippen molar-refractivity contribution in [2.24, 2.45) is 0 Å². The van der Waals surface area contributed by atoms with Crippen LogP contribution in [0.2, 0.25) is 0 Å². The molecule has 3 nitrogen and oxygen atoms in total. The van der Waals surface area contributed by atoms with Gasteiger partial charge in [-0.25, -0.2) is 4.79 Å². The number of benzene rings is 2. The van der Waals surface area contributed by atoms with Crippen LogP contribution in [0.15, 0.2) is 60.3 Å². The number of para-hydroxylation sites is 1. The zero-order valence-corrected chi connectivity index (χ0v) is 15.7. The van der Waals surface area contributed by atoms with Crippen LogP contribution in [0, 0.1) is 0 Å². The molecule has 0 bridgehead atoms. The highest BCUT2D eigenvalue weighted by Gasteiger charge is 2.13. The third kappa shape index (κ3) is 5.21. The van der Waals surface area contributed by atoms with Crippen LogP contribution < -0.4 is 5.32 Å². The van der Waals surface area contributed by atoms with Crippen molar-refractivity contribution in [3.63, 3.8) is 0 Å². The van der Waals surface area contributed by atoms with Gasteiger partial charge in [0.05, 0.1) is 18.4 Å². The van der Waals surface area contributed by atoms with E-state index in [1.807, 2.05) is 24.4 Å². The lowest BCUT2D eigenvalue weighted by atomic mass is 9.86. The molecule has 0 spiro atoms. The number of ether oxygens (including phenoxy) is 1. The van der Waals surface area contributed by atoms with Gasteiger partial charge in [0.25, 0.3) is 0 Å². The normalized spacial score (nSPS) is 12.0. The Morgan fingerprint density at radius 3 is 2.32 bits per heavy atom. The topological polar surface area (TPSA) is 38.3 Å². The number of hydrogen-bond donors (Lipinski definition) is 1. The van der Waals surface area contributed by atoms with Gasteiger partial charge in [0.15, 0.2) is 0 Å². The summed E-state index contributed by atoms with van der Waals surface area (Å²) in [7, 11) is 1.39. The minimum Gasteiger partial charge on any atom is -0.465 e. The summed E-state index contributed by atoms with van der Waals surface area (Å²) < 4.78 is 4.82. The number of esters is 1. The zero-order valence-electron chi connectivity index (χ0n) is 15.7. The highest BCUT2D eigenvalue weighted by atomic mass is 16.5. The van der Waals surface area contributed by atoms with Crippen molar-refractivity contribution in [1.29, 1.82) is 0 Å². The zero-order chi connectivity index (χ0) is 18.4. The van der Waals surface area contributed by atoms with Gasteiger partial charge in [0.1, 0.15) is 0 Å². The summed E-state index contributed by atoms with van der Waals surface area (Å²) in [5.74, 6) is -0.341. The predicted molar refractivity (Wildman–Crippen MR) is 104 cm³/mol. The fourth-order valence-electron chi connectivity index (χ4n) is 2.59. The van der Waals surface area contributed by atoms with Gasteiger partial charge in [-0.15, -0.1) is 0 Å². The van der Waals surface area contributed by atoms with E-state index in [9.17, 15) is 4.79 Å². The van der Waals surface area contributed by atoms with Crippen LogP contribution in [0.25, 0.3) is 0 Å². The summed E-state index contributed by atoms with van der Waals surface area (Å²) >= 11 is 0. The molecule has 25 heavy (non-hydrogen) atoms. The molecule has 0 amide bonds. The van der Waals surface area contributed by atoms with E-state index in [-0.39, 0.29) is 11.4 Å². The van der Waals surface area contributed by atoms with E-state index in [1.165, 1.54) is 23.8 Å². The van der Waals surface area contributed by atoms with Gasteiger partial charge in [-0.05, 0) is 42.0 Å². The molecule has 0 saturated heterocycles. The molecule has 0 radical (unpaired) electrons. The summed E-state index contributed by atoms with van der Waals surface area (Å²) in [5.41, 5.74) is 5.24. The minimum atomic E-state index is -0.341. The molecule has 3 heteroatoms. The maximum absolute atomic E-state index is 11.8. The van der Waals surface area contributed by atoms with Crippen molar-refractivity contribution in [2.45, 2.75) is 39.5 Å². The Labute approximate surface area is 150 Å². The van der Waals surface area contributed by atoms with E-state index in [4.69, 9.17) is 4.74 Å². The molecule has 0 aliphatic rings. The molecule has 132 valence electrons. The highest BCUT2D eigenvalue weighted by Crippen LogP contribution is 2.23. The predicted octanol–water partition coefficient (Wildman–Crippen LogP) is 5.33. The lowest BCUT2D eigenvalue weighted by Crippen LogP contribution is -2.10. The Balaban J connectivity index is 2.07. The molecule has 0 aliphatic heterocycles. The molecule has 0 fully saturated rings. The molecule has 0 atom stereocenters. The Hall–Kier alpha value is -2.55. The van der Waals surface area contributed by atoms with E-state index >= 15 is 0 Å². The van der Waals surface area contributed by atoms with Gasteiger partial charge in [-0.1, -0.05) is 62.7 Å². The number of hydrogen-bond acceptors (Lipinski definition) is 3. The van der Waals surface area contributed by atoms with Gasteiger partial charge in [0.2, 0.25) is 0 Å². The van der Waals surface area contributed by atoms with Crippen molar-refractivity contribution in [1.82, 2.24) is 0 Å². The molecule has 1 N–H and O–H groups in total. The van der Waals surface area contributed by atoms with Gasteiger partial charge < -0.3 is 10.1 Å². The lowest BCUT2D eigenvalue weighted by molar-refractivity contribution is 0.0602. The molecule has 0 aliphatic carbocycles. The molecule has 0 aromatic heterocycles. The summed E-state index contributed by atoms with van der Waals surface area (Å²) in [5, 5.41) is 3.22. The standard InChI is InChI=1S/C22H27NO2/c1-16(14-17-10-12-18(13-11-17)22(2,3)4)15-23-20-9-7-6-8-19(20)21(24)25-5/h6-13,15,23H,14H2,1-5H3. The quantitative estimate of drug-likeness (QED) is 0.750. The van der Waals surface area contributed by atoms with Crippen LogP contribution in [-0.4, -0.2) is 13.1 Å². The van der Waals surface area contributed by atoms with Crippen LogP contribution in [0.3, 0.4) is 0 Å². The second-order valence-electron chi connectivity index (χ2n) is 7.30. The Morgan fingerprint density at radius 2 is 1.72 bits per heavy atom. The molecule has 0 heterocycles. The van der Waals surface area contributed by atoms with Crippen molar-refractivity contribution in [3.8, 4) is 0 Å². The molecule has 2 rings (SSSR count). The minimum absolute atomic E-state index is 0.169. The number of carbonyl (C=O) groups excluding carboxylic acids is 1. The van der Waals surface area contributed by atoms with Gasteiger partial charge in [0, 0.05) is 6.20 Å². The number of anilines is 1. The first-order valence-corrected chi connectivity index (χ1v) is 8.50. The van der Waals surface area contributed by atoms with E-state index in [1.54, 1.807) is 6.07 Å². The second-order valence-corrected chi connectivity index (χ2v) is 7.30. The largest absolute Gasteiger partial charge is 0.465 e. The van der Waals surface area contributed by atoms with Gasteiger partial charge in [-0.2, -0.15) is 0 Å². The maximum atomic E-state index is 11.8. The van der Waals surface area contributed by atoms with E-state index in [0.29, 0.717) is 5.56 Å². The fraction of sp³-hybridized carbons (Fsp3) is 0.318. The summed E-state index contributed by atoms with van der Waals surface area (Å²) in [6.07, 6.45) is 2.80. The number of methoxy groups -OCH3 is 1. The fourth-order valence-corrected chi connectivity index (χ4v) is 2.59. The van der Waals surface area contributed by atoms with Crippen LogP contribution in [-0.2, 0) is 16.6 Å². The highest BCUT2D eigenvalue weighted by molar-refractivity contribution is 5.95. The Morgan fingerprint density at radius 1 is 1.08 bits per heavy atom. The summed E-state index contributed by atoms with van der Waals surface area (Å²) in [4.78, 5) is 11.8.